The molecule has 0 saturated heterocycles. The lowest BCUT2D eigenvalue weighted by Gasteiger charge is -2.13. The average molecular weight is 1560 g/mol. The van der Waals surface area contributed by atoms with E-state index in [2.05, 4.69) is 405 Å². The Bertz CT molecular complexity index is 8020. The van der Waals surface area contributed by atoms with E-state index in [1.165, 1.54) is 110 Å². The van der Waals surface area contributed by atoms with E-state index in [1.807, 2.05) is 42.5 Å². The molecule has 0 aliphatic rings. The minimum atomic E-state index is 0.705. The molecule has 24 aromatic rings. The molecule has 0 spiro atoms. The number of fused-ring (bicyclic) bond motifs is 18. The number of rotatable bonds is 9. The Hall–Kier alpha value is -15.2. The highest BCUT2D eigenvalue weighted by Gasteiger charge is 2.22. The van der Waals surface area contributed by atoms with Crippen molar-refractivity contribution in [3.05, 3.63) is 417 Å². The lowest BCUT2D eigenvalue weighted by atomic mass is 10.0. The topological polar surface area (TPSA) is 82.1 Å². The molecule has 6 heterocycles. The largest absolute Gasteiger partial charge is 0.355 e. The van der Waals surface area contributed by atoms with Crippen molar-refractivity contribution in [3.8, 4) is 84.6 Å². The number of halogens is 1. The van der Waals surface area contributed by atoms with Crippen LogP contribution < -0.4 is 0 Å². The lowest BCUT2D eigenvalue weighted by molar-refractivity contribution is 1.17. The van der Waals surface area contributed by atoms with Gasteiger partial charge >= 0.3 is 0 Å². The van der Waals surface area contributed by atoms with E-state index in [9.17, 15) is 0 Å². The fourth-order valence-corrected chi connectivity index (χ4v) is 17.9. The molecule has 0 aliphatic carbocycles. The van der Waals surface area contributed by atoms with E-state index in [1.54, 1.807) is 0 Å². The van der Waals surface area contributed by atoms with Crippen molar-refractivity contribution in [1.82, 2.24) is 38.6 Å². The van der Waals surface area contributed by atoms with Crippen LogP contribution in [-0.4, -0.2) is 38.6 Å². The quantitative estimate of drug-likeness (QED) is 0.146. The van der Waals surface area contributed by atoms with Crippen molar-refractivity contribution in [1.29, 1.82) is 0 Å². The van der Waals surface area contributed by atoms with Crippen LogP contribution in [0.3, 0.4) is 0 Å². The Kier molecular flexibility index (Phi) is 16.9. The lowest BCUT2D eigenvalue weighted by Crippen LogP contribution is -1.98. The van der Waals surface area contributed by atoms with E-state index in [-0.39, 0.29) is 0 Å². The molecule has 0 bridgehead atoms. The average Bonchev–Trinajstić information content (AvgIpc) is 1.70. The van der Waals surface area contributed by atoms with Gasteiger partial charge < -0.3 is 18.7 Å². The summed E-state index contributed by atoms with van der Waals surface area (Å²) in [6.07, 6.45) is 0. The zero-order valence-corrected chi connectivity index (χ0v) is 64.9. The Morgan fingerprint density at radius 2 is 0.538 bits per heavy atom. The Morgan fingerprint density at radius 1 is 0.197 bits per heavy atom. The number of aromatic amines is 1. The summed E-state index contributed by atoms with van der Waals surface area (Å²) in [5, 5.41) is 16.7. The van der Waals surface area contributed by atoms with Crippen LogP contribution in [0.1, 0.15) is 0 Å². The molecular formula is C108H69BrN8. The van der Waals surface area contributed by atoms with Crippen molar-refractivity contribution in [2.24, 2.45) is 0 Å². The van der Waals surface area contributed by atoms with Gasteiger partial charge in [0.15, 0.2) is 11.6 Å². The van der Waals surface area contributed by atoms with Gasteiger partial charge in [0.2, 0.25) is 0 Å². The molecule has 0 fully saturated rings. The third-order valence-electron chi connectivity index (χ3n) is 22.9. The zero-order valence-electron chi connectivity index (χ0n) is 63.3. The molecule has 0 unspecified atom stereocenters. The molecule has 117 heavy (non-hydrogen) atoms. The molecule has 0 atom stereocenters. The molecule has 0 aliphatic heterocycles. The monoisotopic (exact) mass is 1560 g/mol. The fraction of sp³-hybridized carbons (Fsp3) is 0. The number of H-pyrrole nitrogens is 1. The second kappa shape index (κ2) is 28.8. The van der Waals surface area contributed by atoms with Crippen LogP contribution in [0.5, 0.6) is 0 Å². The van der Waals surface area contributed by atoms with Crippen LogP contribution in [0.4, 0.5) is 0 Å². The summed E-state index contributed by atoms with van der Waals surface area (Å²) in [4.78, 5) is 24.0. The second-order valence-electron chi connectivity index (χ2n) is 29.8. The first-order valence-corrected chi connectivity index (χ1v) is 40.3. The molecular weight excluding hydrogens is 1490 g/mol. The van der Waals surface area contributed by atoms with Crippen molar-refractivity contribution in [2.45, 2.75) is 0 Å². The number of nitrogens with zero attached hydrogens (tertiary/aromatic N) is 7. The van der Waals surface area contributed by atoms with Crippen molar-refractivity contribution in [3.63, 3.8) is 0 Å². The fourth-order valence-electron chi connectivity index (χ4n) is 17.5. The van der Waals surface area contributed by atoms with Gasteiger partial charge in [0, 0.05) is 119 Å². The molecule has 18 aromatic carbocycles. The molecule has 0 amide bonds. The van der Waals surface area contributed by atoms with Crippen LogP contribution in [-0.2, 0) is 0 Å². The predicted octanol–water partition coefficient (Wildman–Crippen LogP) is 28.9. The zero-order chi connectivity index (χ0) is 77.4. The third kappa shape index (κ3) is 12.1. The molecule has 1 N–H and O–H groups in total. The van der Waals surface area contributed by atoms with Gasteiger partial charge in [0.25, 0.3) is 0 Å². The Labute approximate surface area is 681 Å². The standard InChI is InChI=1S/C54H34N4.C30H20N2.C24H15BrN2/c1-3-15-36(16-4-1)52-45-29-26-35-14-7-8-21-42(35)53(45)56-54(55-52)39-17-13-20-41(32-39)58-49-25-12-10-23-44(49)47-34-38(28-31-51(47)58)37-27-30-50-46(33-37)43-22-9-11-24-48(43)57(50)40-18-5-2-6-19-40;1-2-8-22(9-3-1)32-29-13-7-5-11-24(29)26-19-21(15-17-30(26)32)20-14-16-28-25(18-20)23-10-4-6-12-27(23)31-28;25-19-11-6-10-18(15-19)24-26-22(17-8-2-1-3-9-17)21-14-13-16-7-4-5-12-20(16)23(21)27-24/h1-34H;1-19,31H;1-15H. The highest BCUT2D eigenvalue weighted by atomic mass is 79.9. The maximum absolute atomic E-state index is 5.29. The van der Waals surface area contributed by atoms with Crippen LogP contribution in [0.25, 0.3) is 215 Å². The number of benzene rings is 18. The van der Waals surface area contributed by atoms with E-state index >= 15 is 0 Å². The number of aromatic nitrogens is 8. The minimum Gasteiger partial charge on any atom is -0.355 e. The summed E-state index contributed by atoms with van der Waals surface area (Å²) in [5.41, 5.74) is 25.8. The van der Waals surface area contributed by atoms with Crippen LogP contribution in [0.15, 0.2) is 417 Å². The van der Waals surface area contributed by atoms with E-state index < -0.39 is 0 Å². The van der Waals surface area contributed by atoms with Crippen LogP contribution in [0, 0.1) is 0 Å². The van der Waals surface area contributed by atoms with Gasteiger partial charge in [-0.15, -0.1) is 0 Å². The number of hydrogen-bond donors (Lipinski definition) is 1. The molecule has 8 nitrogen and oxygen atoms in total. The van der Waals surface area contributed by atoms with Gasteiger partial charge in [-0.1, -0.05) is 295 Å². The predicted molar refractivity (Wildman–Crippen MR) is 493 cm³/mol. The molecule has 548 valence electrons. The summed E-state index contributed by atoms with van der Waals surface area (Å²) < 4.78 is 8.12. The highest BCUT2D eigenvalue weighted by molar-refractivity contribution is 9.10. The van der Waals surface area contributed by atoms with Crippen molar-refractivity contribution in [2.75, 3.05) is 0 Å². The number of hydrogen-bond acceptors (Lipinski definition) is 4. The molecule has 6 aromatic heterocycles. The summed E-state index contributed by atoms with van der Waals surface area (Å²) in [7, 11) is 0. The summed E-state index contributed by atoms with van der Waals surface area (Å²) in [6, 6.07) is 146. The minimum absolute atomic E-state index is 0.705. The van der Waals surface area contributed by atoms with Gasteiger partial charge in [-0.3, -0.25) is 0 Å². The van der Waals surface area contributed by atoms with Gasteiger partial charge in [-0.2, -0.15) is 0 Å². The van der Waals surface area contributed by atoms with E-state index in [0.717, 1.165) is 104 Å². The van der Waals surface area contributed by atoms with Gasteiger partial charge in [-0.25, -0.2) is 19.9 Å². The molecule has 9 heteroatoms. The normalized spacial score (nSPS) is 11.6. The van der Waals surface area contributed by atoms with Crippen LogP contribution >= 0.6 is 15.9 Å². The van der Waals surface area contributed by atoms with E-state index in [0.29, 0.717) is 5.82 Å². The smallest absolute Gasteiger partial charge is 0.160 e. The summed E-state index contributed by atoms with van der Waals surface area (Å²) in [6.45, 7) is 0. The first kappa shape index (κ1) is 68.6. The Balaban J connectivity index is 0.000000118. The van der Waals surface area contributed by atoms with Gasteiger partial charge in [0.05, 0.1) is 55.5 Å². The van der Waals surface area contributed by atoms with Crippen LogP contribution in [0.2, 0.25) is 0 Å². The molecule has 24 rings (SSSR count). The number of nitrogens with one attached hydrogen (secondary N) is 1. The second-order valence-corrected chi connectivity index (χ2v) is 30.7. The first-order valence-electron chi connectivity index (χ1n) is 39.5. The highest BCUT2D eigenvalue weighted by Crippen LogP contribution is 2.43. The first-order chi connectivity index (χ1) is 57.9. The summed E-state index contributed by atoms with van der Waals surface area (Å²) >= 11 is 3.56. The SMILES string of the molecule is Brc1cccc(-c2nc(-c3ccccc3)c3ccc4ccccc4c3n2)c1.c1ccc(-c2nc(-c3cccc(-n4c5ccccc5c5cc(-c6ccc7c(c6)c6ccccc6n7-c6ccccc6)ccc54)c3)nc3c2ccc2ccccc23)cc1.c1ccc(-n2c3ccccc3c3cc(-c4ccc5[nH]c6ccccc6c5c4)ccc32)cc1. The van der Waals surface area contributed by atoms with Crippen molar-refractivity contribution >= 4 is 147 Å². The number of para-hydroxylation sites is 6. The summed E-state index contributed by atoms with van der Waals surface area (Å²) in [5.74, 6) is 1.44. The van der Waals surface area contributed by atoms with E-state index in [4.69, 9.17) is 19.9 Å². The van der Waals surface area contributed by atoms with Gasteiger partial charge in [0.1, 0.15) is 0 Å². The maximum atomic E-state index is 5.29. The van der Waals surface area contributed by atoms with Gasteiger partial charge in [-0.05, 0) is 166 Å². The maximum Gasteiger partial charge on any atom is 0.160 e. The van der Waals surface area contributed by atoms with Crippen molar-refractivity contribution < 1.29 is 0 Å². The molecule has 0 radical (unpaired) electrons. The third-order valence-corrected chi connectivity index (χ3v) is 23.4. The molecule has 0 saturated carbocycles. The Morgan fingerprint density at radius 3 is 1.01 bits per heavy atom.